The van der Waals surface area contributed by atoms with Gasteiger partial charge in [0.05, 0.1) is 16.9 Å². The summed E-state index contributed by atoms with van der Waals surface area (Å²) in [6, 6.07) is 8.83. The van der Waals surface area contributed by atoms with Crippen LogP contribution in [-0.2, 0) is 0 Å². The quantitative estimate of drug-likeness (QED) is 0.822. The normalized spacial score (nSPS) is 15.2. The molecule has 0 radical (unpaired) electrons. The van der Waals surface area contributed by atoms with E-state index in [4.69, 9.17) is 23.2 Å². The van der Waals surface area contributed by atoms with Crippen molar-refractivity contribution in [2.45, 2.75) is 6.92 Å². The van der Waals surface area contributed by atoms with Crippen LogP contribution in [0.5, 0.6) is 0 Å². The van der Waals surface area contributed by atoms with Gasteiger partial charge in [0.1, 0.15) is 5.15 Å². The molecule has 0 atom stereocenters. The van der Waals surface area contributed by atoms with Crippen LogP contribution < -0.4 is 10.2 Å². The van der Waals surface area contributed by atoms with Gasteiger partial charge in [0, 0.05) is 37.4 Å². The van der Waals surface area contributed by atoms with E-state index in [0.29, 0.717) is 21.4 Å². The Morgan fingerprint density at radius 3 is 2.56 bits per heavy atom. The molecule has 1 fully saturated rings. The molecule has 0 saturated carbocycles. The number of nitrogens with one attached hydrogen (secondary N) is 1. The van der Waals surface area contributed by atoms with E-state index >= 15 is 0 Å². The summed E-state index contributed by atoms with van der Waals surface area (Å²) in [5, 5.41) is 3.89. The maximum Gasteiger partial charge on any atom is 0.257 e. The van der Waals surface area contributed by atoms with E-state index in [-0.39, 0.29) is 5.91 Å². The predicted octanol–water partition coefficient (Wildman–Crippen LogP) is 3.78. The summed E-state index contributed by atoms with van der Waals surface area (Å²) in [6.45, 7) is 7.08. The molecule has 5 nitrogen and oxygen atoms in total. The van der Waals surface area contributed by atoms with Crippen LogP contribution in [0.4, 0.5) is 11.4 Å². The van der Waals surface area contributed by atoms with E-state index < -0.39 is 0 Å². The molecule has 7 heteroatoms. The second-order valence-corrected chi connectivity index (χ2v) is 6.73. The summed E-state index contributed by atoms with van der Waals surface area (Å²) in [5.74, 6) is -0.236. The first-order valence-corrected chi connectivity index (χ1v) is 9.02. The number of piperazine rings is 1. The third-order valence-corrected chi connectivity index (χ3v) is 4.82. The Hall–Kier alpha value is -1.82. The average Bonchev–Trinajstić information content (AvgIpc) is 2.62. The molecule has 3 rings (SSSR count). The molecule has 1 N–H and O–H groups in total. The molecule has 1 saturated heterocycles. The van der Waals surface area contributed by atoms with Crippen LogP contribution in [0, 0.1) is 0 Å². The molecular weight excluding hydrogens is 359 g/mol. The number of hydrogen-bond donors (Lipinski definition) is 1. The number of carbonyl (C=O) groups is 1. The van der Waals surface area contributed by atoms with Gasteiger partial charge in [-0.25, -0.2) is 4.98 Å². The highest BCUT2D eigenvalue weighted by Crippen LogP contribution is 2.30. The molecule has 1 aliphatic rings. The molecule has 0 spiro atoms. The van der Waals surface area contributed by atoms with Crippen LogP contribution in [0.25, 0.3) is 0 Å². The van der Waals surface area contributed by atoms with Crippen LogP contribution in [0.1, 0.15) is 17.3 Å². The summed E-state index contributed by atoms with van der Waals surface area (Å²) >= 11 is 11.9. The van der Waals surface area contributed by atoms with Crippen LogP contribution in [0.3, 0.4) is 0 Å². The molecule has 25 heavy (non-hydrogen) atoms. The molecule has 2 aromatic rings. The van der Waals surface area contributed by atoms with Crippen LogP contribution >= 0.6 is 23.2 Å². The van der Waals surface area contributed by atoms with Crippen molar-refractivity contribution in [1.29, 1.82) is 0 Å². The van der Waals surface area contributed by atoms with Gasteiger partial charge in [-0.05, 0) is 36.9 Å². The fourth-order valence-electron chi connectivity index (χ4n) is 2.89. The Balaban J connectivity index is 1.79. The topological polar surface area (TPSA) is 48.5 Å². The van der Waals surface area contributed by atoms with E-state index in [1.807, 2.05) is 12.1 Å². The first kappa shape index (κ1) is 18.0. The highest BCUT2D eigenvalue weighted by molar-refractivity contribution is 6.31. The molecule has 132 valence electrons. The Labute approximate surface area is 157 Å². The number of nitrogens with zero attached hydrogens (tertiary/aromatic N) is 3. The van der Waals surface area contributed by atoms with Gasteiger partial charge in [-0.2, -0.15) is 0 Å². The summed E-state index contributed by atoms with van der Waals surface area (Å²) < 4.78 is 0. The molecule has 0 bridgehead atoms. The lowest BCUT2D eigenvalue weighted by Gasteiger charge is -2.36. The minimum atomic E-state index is -0.236. The molecule has 1 aliphatic heterocycles. The monoisotopic (exact) mass is 378 g/mol. The number of halogens is 2. The summed E-state index contributed by atoms with van der Waals surface area (Å²) in [4.78, 5) is 21.1. The van der Waals surface area contributed by atoms with Gasteiger partial charge in [0.2, 0.25) is 0 Å². The number of benzene rings is 1. The number of aromatic nitrogens is 1. The van der Waals surface area contributed by atoms with E-state index in [2.05, 4.69) is 27.0 Å². The molecule has 2 heterocycles. The summed E-state index contributed by atoms with van der Waals surface area (Å²) in [7, 11) is 0. The van der Waals surface area contributed by atoms with Gasteiger partial charge in [0.15, 0.2) is 0 Å². The first-order chi connectivity index (χ1) is 12.1. The largest absolute Gasteiger partial charge is 0.367 e. The zero-order chi connectivity index (χ0) is 17.8. The number of amides is 1. The van der Waals surface area contributed by atoms with Gasteiger partial charge < -0.3 is 15.1 Å². The predicted molar refractivity (Wildman–Crippen MR) is 103 cm³/mol. The van der Waals surface area contributed by atoms with E-state index in [0.717, 1.165) is 38.4 Å². The van der Waals surface area contributed by atoms with Crippen molar-refractivity contribution in [3.05, 3.63) is 52.3 Å². The van der Waals surface area contributed by atoms with Crippen molar-refractivity contribution in [3.8, 4) is 0 Å². The average molecular weight is 379 g/mol. The highest BCUT2D eigenvalue weighted by atomic mass is 35.5. The number of pyridine rings is 1. The van der Waals surface area contributed by atoms with Gasteiger partial charge >= 0.3 is 0 Å². The second-order valence-electron chi connectivity index (χ2n) is 5.91. The van der Waals surface area contributed by atoms with Gasteiger partial charge in [0.25, 0.3) is 5.91 Å². The summed E-state index contributed by atoms with van der Waals surface area (Å²) in [6.07, 6.45) is 1.46. The number of rotatable bonds is 4. The van der Waals surface area contributed by atoms with Crippen LogP contribution in [0.15, 0.2) is 36.5 Å². The van der Waals surface area contributed by atoms with Crippen molar-refractivity contribution in [3.63, 3.8) is 0 Å². The number of hydrogen-bond acceptors (Lipinski definition) is 4. The Kier molecular flexibility index (Phi) is 5.78. The highest BCUT2D eigenvalue weighted by Gasteiger charge is 2.19. The Morgan fingerprint density at radius 2 is 1.92 bits per heavy atom. The molecular formula is C18H20Cl2N4O. The molecule has 0 aliphatic carbocycles. The number of likely N-dealkylation sites (N-methyl/N-ethyl adjacent to an activating group) is 1. The zero-order valence-electron chi connectivity index (χ0n) is 14.0. The molecule has 1 amide bonds. The van der Waals surface area contributed by atoms with Crippen LogP contribution in [-0.4, -0.2) is 48.5 Å². The van der Waals surface area contributed by atoms with Crippen molar-refractivity contribution >= 4 is 40.5 Å². The third-order valence-electron chi connectivity index (χ3n) is 4.36. The Morgan fingerprint density at radius 1 is 1.16 bits per heavy atom. The minimum absolute atomic E-state index is 0.236. The Bertz CT molecular complexity index is 743. The van der Waals surface area contributed by atoms with E-state index in [1.165, 1.54) is 6.20 Å². The molecule has 1 aromatic carbocycles. The van der Waals surface area contributed by atoms with Crippen molar-refractivity contribution < 1.29 is 4.79 Å². The number of carbonyl (C=O) groups excluding carboxylic acids is 1. The van der Waals surface area contributed by atoms with Gasteiger partial charge in [-0.3, -0.25) is 4.79 Å². The fraction of sp³-hybridized carbons (Fsp3) is 0.333. The smallest absolute Gasteiger partial charge is 0.257 e. The summed E-state index contributed by atoms with van der Waals surface area (Å²) in [5.41, 5.74) is 2.14. The third kappa shape index (κ3) is 4.42. The van der Waals surface area contributed by atoms with Crippen molar-refractivity contribution in [2.75, 3.05) is 42.9 Å². The van der Waals surface area contributed by atoms with E-state index in [9.17, 15) is 4.79 Å². The molecule has 1 aromatic heterocycles. The first-order valence-electron chi connectivity index (χ1n) is 8.26. The standard InChI is InChI=1S/C18H20Cl2N4O/c1-2-23-7-9-24(10-8-23)16-5-4-14(19)11-15(16)22-18(25)13-3-6-17(20)21-12-13/h3-6,11-12H,2,7-10H2,1H3,(H,22,25). The van der Waals surface area contributed by atoms with Crippen molar-refractivity contribution in [2.24, 2.45) is 0 Å². The molecule has 0 unspecified atom stereocenters. The lowest BCUT2D eigenvalue weighted by Crippen LogP contribution is -2.46. The zero-order valence-corrected chi connectivity index (χ0v) is 15.5. The van der Waals surface area contributed by atoms with Crippen LogP contribution in [0.2, 0.25) is 10.2 Å². The van der Waals surface area contributed by atoms with Gasteiger partial charge in [-0.1, -0.05) is 30.1 Å². The minimum Gasteiger partial charge on any atom is -0.367 e. The maximum atomic E-state index is 12.5. The lowest BCUT2D eigenvalue weighted by atomic mass is 10.2. The second kappa shape index (κ2) is 8.04. The van der Waals surface area contributed by atoms with Crippen molar-refractivity contribution in [1.82, 2.24) is 9.88 Å². The van der Waals surface area contributed by atoms with Gasteiger partial charge in [-0.15, -0.1) is 0 Å². The maximum absolute atomic E-state index is 12.5. The van der Waals surface area contributed by atoms with E-state index in [1.54, 1.807) is 18.2 Å². The SMILES string of the molecule is CCN1CCN(c2ccc(Cl)cc2NC(=O)c2ccc(Cl)nc2)CC1. The fourth-order valence-corrected chi connectivity index (χ4v) is 3.18. The number of anilines is 2. The lowest BCUT2D eigenvalue weighted by molar-refractivity contribution is 0.102.